The Labute approximate surface area is 138 Å². The molecule has 2 rings (SSSR count). The van der Waals surface area contributed by atoms with Gasteiger partial charge in [-0.05, 0) is 37.6 Å². The second-order valence-electron chi connectivity index (χ2n) is 5.95. The van der Waals surface area contributed by atoms with E-state index < -0.39 is 18.3 Å². The van der Waals surface area contributed by atoms with Crippen LogP contribution in [0, 0.1) is 0 Å². The van der Waals surface area contributed by atoms with Crippen LogP contribution in [0.25, 0.3) is 10.8 Å². The van der Waals surface area contributed by atoms with Crippen LogP contribution in [0.4, 0.5) is 13.6 Å². The first-order chi connectivity index (χ1) is 11.3. The standard InChI is InChI=1S/C17H18F2N2O3/c1-17(2,3)24-16(22)21-20-10-13-12-7-5-4-6-11(12)8-9-14(13)23-15(18)19/h4-10,15H,1-3H3,(H,21,22)/b20-10-. The van der Waals surface area contributed by atoms with E-state index in [9.17, 15) is 13.6 Å². The highest BCUT2D eigenvalue weighted by molar-refractivity contribution is 6.02. The van der Waals surface area contributed by atoms with Gasteiger partial charge < -0.3 is 9.47 Å². The van der Waals surface area contributed by atoms with Gasteiger partial charge in [-0.15, -0.1) is 0 Å². The molecule has 1 N–H and O–H groups in total. The summed E-state index contributed by atoms with van der Waals surface area (Å²) in [6.07, 6.45) is 0.513. The Morgan fingerprint density at radius 1 is 1.21 bits per heavy atom. The lowest BCUT2D eigenvalue weighted by Crippen LogP contribution is -2.29. The van der Waals surface area contributed by atoms with Crippen molar-refractivity contribution in [2.75, 3.05) is 0 Å². The zero-order valence-corrected chi connectivity index (χ0v) is 13.5. The summed E-state index contributed by atoms with van der Waals surface area (Å²) in [5.74, 6) is -0.0292. The number of fused-ring (bicyclic) bond motifs is 1. The minimum atomic E-state index is -2.96. The third-order valence-corrected chi connectivity index (χ3v) is 2.90. The molecule has 0 aromatic heterocycles. The molecular formula is C17H18F2N2O3. The molecule has 24 heavy (non-hydrogen) atoms. The van der Waals surface area contributed by atoms with Gasteiger partial charge in [0.1, 0.15) is 11.4 Å². The molecule has 128 valence electrons. The smallest absolute Gasteiger partial charge is 0.428 e. The van der Waals surface area contributed by atoms with E-state index in [0.717, 1.165) is 5.39 Å². The molecule has 0 saturated heterocycles. The number of hydrogen-bond donors (Lipinski definition) is 1. The predicted molar refractivity (Wildman–Crippen MR) is 87.5 cm³/mol. The van der Waals surface area contributed by atoms with Gasteiger partial charge in [0.05, 0.1) is 6.21 Å². The van der Waals surface area contributed by atoms with Crippen molar-refractivity contribution < 1.29 is 23.0 Å². The molecule has 0 atom stereocenters. The monoisotopic (exact) mass is 336 g/mol. The van der Waals surface area contributed by atoms with Gasteiger partial charge in [0, 0.05) is 5.56 Å². The van der Waals surface area contributed by atoms with Crippen LogP contribution >= 0.6 is 0 Å². The van der Waals surface area contributed by atoms with Crippen molar-refractivity contribution in [3.8, 4) is 5.75 Å². The Morgan fingerprint density at radius 3 is 2.58 bits per heavy atom. The van der Waals surface area contributed by atoms with Gasteiger partial charge in [0.25, 0.3) is 0 Å². The van der Waals surface area contributed by atoms with Crippen molar-refractivity contribution in [3.05, 3.63) is 42.0 Å². The van der Waals surface area contributed by atoms with Gasteiger partial charge >= 0.3 is 12.7 Å². The topological polar surface area (TPSA) is 59.9 Å². The molecule has 0 aliphatic rings. The highest BCUT2D eigenvalue weighted by Crippen LogP contribution is 2.27. The van der Waals surface area contributed by atoms with Crippen LogP contribution in [0.5, 0.6) is 5.75 Å². The lowest BCUT2D eigenvalue weighted by atomic mass is 10.0. The summed E-state index contributed by atoms with van der Waals surface area (Å²) in [7, 11) is 0. The third-order valence-electron chi connectivity index (χ3n) is 2.90. The number of nitrogens with zero attached hydrogens (tertiary/aromatic N) is 1. The summed E-state index contributed by atoms with van der Waals surface area (Å²) in [6.45, 7) is 2.19. The van der Waals surface area contributed by atoms with Gasteiger partial charge in [-0.1, -0.05) is 30.3 Å². The fourth-order valence-electron chi connectivity index (χ4n) is 2.06. The molecule has 0 fully saturated rings. The highest BCUT2D eigenvalue weighted by Gasteiger charge is 2.16. The van der Waals surface area contributed by atoms with Gasteiger partial charge in [0.2, 0.25) is 0 Å². The van der Waals surface area contributed by atoms with Gasteiger partial charge in [-0.25, -0.2) is 10.2 Å². The van der Waals surface area contributed by atoms with Gasteiger partial charge in [-0.3, -0.25) is 0 Å². The SMILES string of the molecule is CC(C)(C)OC(=O)N/N=C\c1c(OC(F)F)ccc2ccccc12. The predicted octanol–water partition coefficient (Wildman–Crippen LogP) is 4.30. The number of benzene rings is 2. The Morgan fingerprint density at radius 2 is 1.92 bits per heavy atom. The normalized spacial score (nSPS) is 11.9. The molecule has 1 amide bonds. The number of carbonyl (C=O) groups excluding carboxylic acids is 1. The van der Waals surface area contributed by atoms with E-state index >= 15 is 0 Å². The minimum absolute atomic E-state index is 0.0292. The lowest BCUT2D eigenvalue weighted by molar-refractivity contribution is -0.0498. The van der Waals surface area contributed by atoms with Crippen molar-refractivity contribution >= 4 is 23.1 Å². The molecule has 2 aromatic carbocycles. The summed E-state index contributed by atoms with van der Waals surface area (Å²) >= 11 is 0. The van der Waals surface area contributed by atoms with Crippen LogP contribution in [0.2, 0.25) is 0 Å². The van der Waals surface area contributed by atoms with Crippen LogP contribution in [-0.4, -0.2) is 24.5 Å². The zero-order chi connectivity index (χ0) is 17.7. The number of carbonyl (C=O) groups is 1. The Bertz CT molecular complexity index is 755. The summed E-state index contributed by atoms with van der Waals surface area (Å²) in [4.78, 5) is 11.6. The molecule has 7 heteroatoms. The van der Waals surface area contributed by atoms with E-state index in [1.165, 1.54) is 12.3 Å². The molecular weight excluding hydrogens is 318 g/mol. The molecule has 5 nitrogen and oxygen atoms in total. The molecule has 0 saturated carbocycles. The first-order valence-electron chi connectivity index (χ1n) is 7.25. The molecule has 0 spiro atoms. The van der Waals surface area contributed by atoms with Crippen LogP contribution in [0.15, 0.2) is 41.5 Å². The van der Waals surface area contributed by atoms with E-state index in [-0.39, 0.29) is 5.75 Å². The van der Waals surface area contributed by atoms with E-state index in [0.29, 0.717) is 10.9 Å². The number of nitrogens with one attached hydrogen (secondary N) is 1. The highest BCUT2D eigenvalue weighted by atomic mass is 19.3. The molecule has 0 heterocycles. The van der Waals surface area contributed by atoms with Crippen LogP contribution in [0.1, 0.15) is 26.3 Å². The fourth-order valence-corrected chi connectivity index (χ4v) is 2.06. The van der Waals surface area contributed by atoms with Gasteiger partial charge in [0.15, 0.2) is 0 Å². The molecule has 0 aliphatic carbocycles. The third kappa shape index (κ3) is 4.91. The number of alkyl halides is 2. The van der Waals surface area contributed by atoms with Crippen LogP contribution in [0.3, 0.4) is 0 Å². The molecule has 0 radical (unpaired) electrons. The van der Waals surface area contributed by atoms with E-state index in [1.807, 2.05) is 12.1 Å². The zero-order valence-electron chi connectivity index (χ0n) is 13.5. The maximum absolute atomic E-state index is 12.6. The van der Waals surface area contributed by atoms with Gasteiger partial charge in [-0.2, -0.15) is 13.9 Å². The second kappa shape index (κ2) is 7.25. The first kappa shape index (κ1) is 17.7. The average Bonchev–Trinajstić information content (AvgIpc) is 2.46. The number of ether oxygens (including phenoxy) is 2. The average molecular weight is 336 g/mol. The molecule has 0 aliphatic heterocycles. The largest absolute Gasteiger partial charge is 0.443 e. The summed E-state index contributed by atoms with van der Waals surface area (Å²) in [5.41, 5.74) is 1.87. The second-order valence-corrected chi connectivity index (χ2v) is 5.95. The maximum Gasteiger partial charge on any atom is 0.428 e. The van der Waals surface area contributed by atoms with Crippen molar-refractivity contribution in [1.82, 2.24) is 5.43 Å². The van der Waals surface area contributed by atoms with Crippen molar-refractivity contribution in [3.63, 3.8) is 0 Å². The van der Waals surface area contributed by atoms with E-state index in [2.05, 4.69) is 15.3 Å². The minimum Gasteiger partial charge on any atom is -0.443 e. The summed E-state index contributed by atoms with van der Waals surface area (Å²) in [5, 5.41) is 5.27. The van der Waals surface area contributed by atoms with E-state index in [4.69, 9.17) is 4.74 Å². The van der Waals surface area contributed by atoms with Crippen molar-refractivity contribution in [1.29, 1.82) is 0 Å². The van der Waals surface area contributed by atoms with Crippen molar-refractivity contribution in [2.24, 2.45) is 5.10 Å². The summed E-state index contributed by atoms with van der Waals surface area (Å²) in [6, 6.07) is 10.3. The summed E-state index contributed by atoms with van der Waals surface area (Å²) < 4.78 is 34.7. The quantitative estimate of drug-likeness (QED) is 0.669. The first-order valence-corrected chi connectivity index (χ1v) is 7.25. The maximum atomic E-state index is 12.6. The fraction of sp³-hybridized carbons (Fsp3) is 0.294. The molecule has 0 unspecified atom stereocenters. The number of halogens is 2. The number of rotatable bonds is 4. The number of amides is 1. The molecule has 2 aromatic rings. The Kier molecular flexibility index (Phi) is 5.33. The molecule has 0 bridgehead atoms. The van der Waals surface area contributed by atoms with Crippen LogP contribution < -0.4 is 10.2 Å². The number of hydrazone groups is 1. The van der Waals surface area contributed by atoms with E-state index in [1.54, 1.807) is 39.0 Å². The Hall–Kier alpha value is -2.70. The Balaban J connectivity index is 2.28. The van der Waals surface area contributed by atoms with Crippen molar-refractivity contribution in [2.45, 2.75) is 33.0 Å². The lowest BCUT2D eigenvalue weighted by Gasteiger charge is -2.18. The van der Waals surface area contributed by atoms with Crippen LogP contribution in [-0.2, 0) is 4.74 Å². The number of hydrogen-bond acceptors (Lipinski definition) is 4.